The molecule has 0 bridgehead atoms. The number of piperazine rings is 1. The number of piperidine rings is 1. The first-order chi connectivity index (χ1) is 17.6. The van der Waals surface area contributed by atoms with Gasteiger partial charge in [0.1, 0.15) is 0 Å². The predicted molar refractivity (Wildman–Crippen MR) is 144 cm³/mol. The van der Waals surface area contributed by atoms with Crippen molar-refractivity contribution >= 4 is 22.6 Å². The highest BCUT2D eigenvalue weighted by Crippen LogP contribution is 2.25. The van der Waals surface area contributed by atoms with Gasteiger partial charge in [0.2, 0.25) is 5.91 Å². The number of nitrogens with one attached hydrogen (secondary N) is 1. The average Bonchev–Trinajstić information content (AvgIpc) is 2.93. The summed E-state index contributed by atoms with van der Waals surface area (Å²) in [6, 6.07) is 24.1. The van der Waals surface area contributed by atoms with Crippen LogP contribution < -0.4 is 5.32 Å². The van der Waals surface area contributed by atoms with Gasteiger partial charge in [-0.2, -0.15) is 0 Å². The molecule has 3 aromatic rings. The number of benzene rings is 3. The third-order valence-corrected chi connectivity index (χ3v) is 7.65. The number of amides is 2. The minimum absolute atomic E-state index is 0.0151. The molecule has 3 aromatic carbocycles. The van der Waals surface area contributed by atoms with Gasteiger partial charge in [-0.1, -0.05) is 66.7 Å². The molecule has 36 heavy (non-hydrogen) atoms. The normalized spacial score (nSPS) is 20.2. The van der Waals surface area contributed by atoms with Crippen LogP contribution in [0.3, 0.4) is 0 Å². The lowest BCUT2D eigenvalue weighted by atomic mass is 9.94. The van der Waals surface area contributed by atoms with Crippen LogP contribution in [-0.4, -0.2) is 79.4 Å². The Bertz CT molecular complexity index is 1180. The fraction of sp³-hybridized carbons (Fsp3) is 0.400. The van der Waals surface area contributed by atoms with Crippen molar-refractivity contribution in [1.29, 1.82) is 0 Å². The van der Waals surface area contributed by atoms with Crippen LogP contribution in [0.4, 0.5) is 0 Å². The number of fused-ring (bicyclic) bond motifs is 1. The monoisotopic (exact) mass is 484 g/mol. The van der Waals surface area contributed by atoms with Gasteiger partial charge in [0.15, 0.2) is 0 Å². The van der Waals surface area contributed by atoms with E-state index in [9.17, 15) is 9.59 Å². The van der Waals surface area contributed by atoms with Gasteiger partial charge < -0.3 is 15.1 Å². The van der Waals surface area contributed by atoms with E-state index >= 15 is 0 Å². The highest BCUT2D eigenvalue weighted by molar-refractivity contribution is 6.07. The van der Waals surface area contributed by atoms with Crippen LogP contribution in [0.15, 0.2) is 72.8 Å². The molecule has 2 saturated heterocycles. The Labute approximate surface area is 213 Å². The fourth-order valence-corrected chi connectivity index (χ4v) is 5.46. The van der Waals surface area contributed by atoms with E-state index in [1.165, 1.54) is 0 Å². The third kappa shape index (κ3) is 5.61. The number of likely N-dealkylation sites (tertiary alicyclic amines) is 1. The summed E-state index contributed by atoms with van der Waals surface area (Å²) in [6.07, 6.45) is 1.64. The molecular formula is C30H36N4O2. The fourth-order valence-electron chi connectivity index (χ4n) is 5.46. The number of hydrogen-bond donors (Lipinski definition) is 1. The SMILES string of the molecule is CN1CCN(CC(NC(=O)C2CCCN(C(=O)c3cccc4ccccc34)C2)c2ccccc2)CC1. The van der Waals surface area contributed by atoms with Crippen molar-refractivity contribution in [1.82, 2.24) is 20.0 Å². The van der Waals surface area contributed by atoms with E-state index in [4.69, 9.17) is 0 Å². The lowest BCUT2D eigenvalue weighted by Gasteiger charge is -2.36. The van der Waals surface area contributed by atoms with Gasteiger partial charge in [-0.05, 0) is 42.3 Å². The van der Waals surface area contributed by atoms with Gasteiger partial charge in [0, 0.05) is 51.4 Å². The van der Waals surface area contributed by atoms with E-state index < -0.39 is 0 Å². The highest BCUT2D eigenvalue weighted by Gasteiger charge is 2.31. The van der Waals surface area contributed by atoms with Crippen LogP contribution in [0.1, 0.15) is 34.8 Å². The second kappa shape index (κ2) is 11.2. The van der Waals surface area contributed by atoms with Crippen molar-refractivity contribution < 1.29 is 9.59 Å². The molecule has 188 valence electrons. The summed E-state index contributed by atoms with van der Waals surface area (Å²) in [5, 5.41) is 5.38. The highest BCUT2D eigenvalue weighted by atomic mass is 16.2. The third-order valence-electron chi connectivity index (χ3n) is 7.65. The first-order valence-electron chi connectivity index (χ1n) is 13.1. The summed E-state index contributed by atoms with van der Waals surface area (Å²) in [6.45, 7) is 6.06. The van der Waals surface area contributed by atoms with E-state index in [2.05, 4.69) is 34.3 Å². The van der Waals surface area contributed by atoms with E-state index in [1.54, 1.807) is 0 Å². The molecule has 2 unspecified atom stereocenters. The Morgan fingerprint density at radius 3 is 2.42 bits per heavy atom. The predicted octanol–water partition coefficient (Wildman–Crippen LogP) is 3.80. The van der Waals surface area contributed by atoms with Crippen LogP contribution in [0.25, 0.3) is 10.8 Å². The van der Waals surface area contributed by atoms with Gasteiger partial charge in [-0.25, -0.2) is 0 Å². The van der Waals surface area contributed by atoms with Crippen molar-refractivity contribution in [2.75, 3.05) is 52.9 Å². The van der Waals surface area contributed by atoms with Crippen molar-refractivity contribution in [3.8, 4) is 0 Å². The van der Waals surface area contributed by atoms with E-state index in [0.29, 0.717) is 18.7 Å². The zero-order valence-corrected chi connectivity index (χ0v) is 21.1. The molecular weight excluding hydrogens is 448 g/mol. The number of carbonyl (C=O) groups excluding carboxylic acids is 2. The van der Waals surface area contributed by atoms with Crippen LogP contribution in [0.2, 0.25) is 0 Å². The summed E-state index contributed by atoms with van der Waals surface area (Å²) in [5.41, 5.74) is 1.84. The molecule has 2 aliphatic rings. The maximum Gasteiger partial charge on any atom is 0.254 e. The van der Waals surface area contributed by atoms with Crippen molar-refractivity contribution in [2.24, 2.45) is 5.92 Å². The minimum atomic E-state index is -0.198. The van der Waals surface area contributed by atoms with Crippen LogP contribution in [0, 0.1) is 5.92 Å². The van der Waals surface area contributed by atoms with Gasteiger partial charge in [0.05, 0.1) is 12.0 Å². The Morgan fingerprint density at radius 1 is 0.889 bits per heavy atom. The molecule has 0 spiro atoms. The number of rotatable bonds is 6. The molecule has 0 aromatic heterocycles. The van der Waals surface area contributed by atoms with Crippen molar-refractivity contribution in [3.63, 3.8) is 0 Å². The molecule has 2 aliphatic heterocycles. The molecule has 6 nitrogen and oxygen atoms in total. The first kappa shape index (κ1) is 24.5. The molecule has 5 rings (SSSR count). The van der Waals surface area contributed by atoms with Crippen molar-refractivity contribution in [2.45, 2.75) is 18.9 Å². The maximum atomic E-state index is 13.5. The zero-order chi connectivity index (χ0) is 24.9. The second-order valence-corrected chi connectivity index (χ2v) is 10.2. The summed E-state index contributed by atoms with van der Waals surface area (Å²) in [7, 11) is 2.15. The molecule has 2 heterocycles. The summed E-state index contributed by atoms with van der Waals surface area (Å²) in [4.78, 5) is 33.7. The molecule has 2 amide bonds. The van der Waals surface area contributed by atoms with Gasteiger partial charge >= 0.3 is 0 Å². The zero-order valence-electron chi connectivity index (χ0n) is 21.1. The summed E-state index contributed by atoms with van der Waals surface area (Å²) >= 11 is 0. The topological polar surface area (TPSA) is 55.9 Å². The molecule has 0 radical (unpaired) electrons. The smallest absolute Gasteiger partial charge is 0.254 e. The number of likely N-dealkylation sites (N-methyl/N-ethyl adjacent to an activating group) is 1. The molecule has 0 saturated carbocycles. The van der Waals surface area contributed by atoms with Gasteiger partial charge in [-0.3, -0.25) is 14.5 Å². The Morgan fingerprint density at radius 2 is 1.61 bits per heavy atom. The molecule has 2 atom stereocenters. The van der Waals surface area contributed by atoms with Gasteiger partial charge in [-0.15, -0.1) is 0 Å². The quantitative estimate of drug-likeness (QED) is 0.578. The van der Waals surface area contributed by atoms with Crippen LogP contribution in [-0.2, 0) is 4.79 Å². The lowest BCUT2D eigenvalue weighted by Crippen LogP contribution is -2.50. The average molecular weight is 485 g/mol. The Balaban J connectivity index is 1.28. The van der Waals surface area contributed by atoms with Crippen LogP contribution in [0.5, 0.6) is 0 Å². The number of nitrogens with zero attached hydrogens (tertiary/aromatic N) is 3. The number of carbonyl (C=O) groups is 2. The van der Waals surface area contributed by atoms with E-state index in [0.717, 1.165) is 61.9 Å². The minimum Gasteiger partial charge on any atom is -0.348 e. The Kier molecular flexibility index (Phi) is 7.63. The first-order valence-corrected chi connectivity index (χ1v) is 13.1. The Hall–Kier alpha value is -3.22. The summed E-state index contributed by atoms with van der Waals surface area (Å²) in [5.74, 6) is -0.133. The molecule has 6 heteroatoms. The largest absolute Gasteiger partial charge is 0.348 e. The molecule has 1 N–H and O–H groups in total. The maximum absolute atomic E-state index is 13.5. The lowest BCUT2D eigenvalue weighted by molar-refractivity contribution is -0.127. The van der Waals surface area contributed by atoms with E-state index in [-0.39, 0.29) is 23.8 Å². The number of hydrogen-bond acceptors (Lipinski definition) is 4. The van der Waals surface area contributed by atoms with Crippen LogP contribution >= 0.6 is 0 Å². The molecule has 2 fully saturated rings. The standard InChI is InChI=1S/C30H36N4O2/c1-32-17-19-33(20-18-32)22-28(24-10-3-2-4-11-24)31-29(35)25-13-8-16-34(21-25)30(36)27-15-7-12-23-9-5-6-14-26(23)27/h2-7,9-12,14-15,25,28H,8,13,16-22H2,1H3,(H,31,35). The van der Waals surface area contributed by atoms with Gasteiger partial charge in [0.25, 0.3) is 5.91 Å². The second-order valence-electron chi connectivity index (χ2n) is 10.2. The molecule has 0 aliphatic carbocycles. The van der Waals surface area contributed by atoms with E-state index in [1.807, 2.05) is 65.6 Å². The summed E-state index contributed by atoms with van der Waals surface area (Å²) < 4.78 is 0. The van der Waals surface area contributed by atoms with Crippen molar-refractivity contribution in [3.05, 3.63) is 83.9 Å².